The Morgan fingerprint density at radius 3 is 2.87 bits per heavy atom. The minimum absolute atomic E-state index is 0.170. The largest absolute Gasteiger partial charge is 0.478 e. The van der Waals surface area contributed by atoms with Gasteiger partial charge in [-0.1, -0.05) is 40.2 Å². The van der Waals surface area contributed by atoms with Gasteiger partial charge in [-0.05, 0) is 18.1 Å². The Labute approximate surface area is 96.7 Å². The molecule has 80 valence electrons. The number of nitrogens with two attached hydrogens (primary N) is 1. The monoisotopic (exact) mass is 269 g/mol. The molecule has 0 spiro atoms. The third kappa shape index (κ3) is 3.09. The number of alkyl halides is 1. The van der Waals surface area contributed by atoms with Gasteiger partial charge in [0.15, 0.2) is 0 Å². The molecule has 0 aliphatic carbocycles. The van der Waals surface area contributed by atoms with Crippen molar-refractivity contribution in [3.05, 3.63) is 35.4 Å². The maximum atomic E-state index is 11.0. The highest BCUT2D eigenvalue weighted by Crippen LogP contribution is 2.18. The van der Waals surface area contributed by atoms with E-state index in [4.69, 9.17) is 10.8 Å². The van der Waals surface area contributed by atoms with Crippen molar-refractivity contribution in [2.45, 2.75) is 6.42 Å². The number of hydrogen-bond donors (Lipinski definition) is 2. The van der Waals surface area contributed by atoms with Gasteiger partial charge in [-0.3, -0.25) is 0 Å². The van der Waals surface area contributed by atoms with Crippen LogP contribution in [0.15, 0.2) is 24.3 Å². The summed E-state index contributed by atoms with van der Waals surface area (Å²) in [6.07, 6.45) is 4.55. The van der Waals surface area contributed by atoms with Gasteiger partial charge in [0.2, 0.25) is 0 Å². The topological polar surface area (TPSA) is 63.3 Å². The number of carboxylic acids is 1. The number of carboxylic acid groups (broad SMARTS) is 1. The number of anilines is 1. The van der Waals surface area contributed by atoms with Gasteiger partial charge in [0.1, 0.15) is 0 Å². The molecule has 0 aromatic heterocycles. The van der Waals surface area contributed by atoms with Gasteiger partial charge in [0.25, 0.3) is 0 Å². The van der Waals surface area contributed by atoms with Crippen LogP contribution in [0.1, 0.15) is 22.3 Å². The summed E-state index contributed by atoms with van der Waals surface area (Å²) < 4.78 is 0. The van der Waals surface area contributed by atoms with Gasteiger partial charge in [-0.2, -0.15) is 0 Å². The average Bonchev–Trinajstić information content (AvgIpc) is 2.17. The molecule has 0 saturated carbocycles. The van der Waals surface area contributed by atoms with Crippen molar-refractivity contribution in [2.24, 2.45) is 0 Å². The minimum atomic E-state index is -0.994. The average molecular weight is 270 g/mol. The Kier molecular flexibility index (Phi) is 4.37. The molecular weight excluding hydrogens is 258 g/mol. The van der Waals surface area contributed by atoms with E-state index < -0.39 is 5.97 Å². The highest BCUT2D eigenvalue weighted by atomic mass is 79.9. The summed E-state index contributed by atoms with van der Waals surface area (Å²) in [6.45, 7) is 0. The molecule has 0 heterocycles. The number of rotatable bonds is 4. The fourth-order valence-corrected chi connectivity index (χ4v) is 1.51. The molecule has 3 nitrogen and oxygen atoms in total. The molecule has 1 rings (SSSR count). The first-order valence-electron chi connectivity index (χ1n) is 4.51. The summed E-state index contributed by atoms with van der Waals surface area (Å²) in [7, 11) is 0. The smallest absolute Gasteiger partial charge is 0.338 e. The molecule has 1 aromatic rings. The number of allylic oxidation sites excluding steroid dienone is 1. The zero-order valence-electron chi connectivity index (χ0n) is 8.11. The van der Waals surface area contributed by atoms with E-state index >= 15 is 0 Å². The molecule has 3 N–H and O–H groups in total. The van der Waals surface area contributed by atoms with Crippen molar-refractivity contribution >= 4 is 33.7 Å². The molecular formula is C11H12BrNO2. The van der Waals surface area contributed by atoms with E-state index in [1.165, 1.54) is 0 Å². The number of aromatic carboxylic acids is 1. The third-order valence-electron chi connectivity index (χ3n) is 1.92. The molecule has 0 unspecified atom stereocenters. The van der Waals surface area contributed by atoms with Crippen molar-refractivity contribution in [1.29, 1.82) is 0 Å². The number of nitrogen functional groups attached to an aromatic ring is 1. The van der Waals surface area contributed by atoms with E-state index in [1.54, 1.807) is 24.3 Å². The highest BCUT2D eigenvalue weighted by molar-refractivity contribution is 9.09. The SMILES string of the molecule is Nc1cccc(C=CCCBr)c1C(=O)O. The lowest BCUT2D eigenvalue weighted by molar-refractivity contribution is 0.0698. The van der Waals surface area contributed by atoms with Gasteiger partial charge < -0.3 is 10.8 Å². The standard InChI is InChI=1S/C11H12BrNO2/c12-7-2-1-4-8-5-3-6-9(13)10(8)11(14)15/h1,3-6H,2,7,13H2,(H,14,15). The molecule has 0 fully saturated rings. The van der Waals surface area contributed by atoms with Gasteiger partial charge in [-0.25, -0.2) is 4.79 Å². The van der Waals surface area contributed by atoms with Crippen molar-refractivity contribution in [2.75, 3.05) is 11.1 Å². The van der Waals surface area contributed by atoms with Gasteiger partial charge in [0.05, 0.1) is 5.56 Å². The van der Waals surface area contributed by atoms with E-state index in [9.17, 15) is 4.79 Å². The second kappa shape index (κ2) is 5.56. The molecule has 0 atom stereocenters. The van der Waals surface area contributed by atoms with Crippen LogP contribution in [0.4, 0.5) is 5.69 Å². The molecule has 15 heavy (non-hydrogen) atoms. The van der Waals surface area contributed by atoms with E-state index in [0.29, 0.717) is 11.3 Å². The van der Waals surface area contributed by atoms with Crippen molar-refractivity contribution in [3.63, 3.8) is 0 Å². The Balaban J connectivity index is 3.06. The van der Waals surface area contributed by atoms with Gasteiger partial charge in [-0.15, -0.1) is 0 Å². The first-order chi connectivity index (χ1) is 7.16. The minimum Gasteiger partial charge on any atom is -0.478 e. The van der Waals surface area contributed by atoms with E-state index in [0.717, 1.165) is 11.8 Å². The Morgan fingerprint density at radius 2 is 2.27 bits per heavy atom. The lowest BCUT2D eigenvalue weighted by Crippen LogP contribution is -2.04. The summed E-state index contributed by atoms with van der Waals surface area (Å²) in [4.78, 5) is 11.0. The maximum absolute atomic E-state index is 11.0. The highest BCUT2D eigenvalue weighted by Gasteiger charge is 2.10. The Hall–Kier alpha value is -1.29. The normalized spacial score (nSPS) is 10.7. The lowest BCUT2D eigenvalue weighted by Gasteiger charge is -2.04. The van der Waals surface area contributed by atoms with Crippen LogP contribution in [0, 0.1) is 0 Å². The van der Waals surface area contributed by atoms with E-state index in [-0.39, 0.29) is 5.56 Å². The number of halogens is 1. The van der Waals surface area contributed by atoms with Crippen LogP contribution in [0.2, 0.25) is 0 Å². The van der Waals surface area contributed by atoms with E-state index in [1.807, 2.05) is 6.08 Å². The molecule has 1 aromatic carbocycles. The second-order valence-electron chi connectivity index (χ2n) is 3.00. The summed E-state index contributed by atoms with van der Waals surface area (Å²) in [6, 6.07) is 5.07. The van der Waals surface area contributed by atoms with Crippen LogP contribution in [-0.2, 0) is 0 Å². The van der Waals surface area contributed by atoms with Crippen molar-refractivity contribution < 1.29 is 9.90 Å². The summed E-state index contributed by atoms with van der Waals surface area (Å²) in [5.41, 5.74) is 6.71. The molecule has 0 saturated heterocycles. The predicted octanol–water partition coefficient (Wildman–Crippen LogP) is 2.77. The molecule has 0 aliphatic heterocycles. The zero-order valence-corrected chi connectivity index (χ0v) is 9.70. The first-order valence-corrected chi connectivity index (χ1v) is 5.63. The van der Waals surface area contributed by atoms with Crippen molar-refractivity contribution in [3.8, 4) is 0 Å². The molecule has 0 radical (unpaired) electrons. The molecule has 0 amide bonds. The van der Waals surface area contributed by atoms with E-state index in [2.05, 4.69) is 15.9 Å². The zero-order chi connectivity index (χ0) is 11.3. The Bertz CT molecular complexity index is 388. The molecule has 4 heteroatoms. The summed E-state index contributed by atoms with van der Waals surface area (Å²) >= 11 is 3.29. The van der Waals surface area contributed by atoms with Crippen LogP contribution in [0.3, 0.4) is 0 Å². The fourth-order valence-electron chi connectivity index (χ4n) is 1.25. The van der Waals surface area contributed by atoms with Crippen LogP contribution >= 0.6 is 15.9 Å². The van der Waals surface area contributed by atoms with Crippen LogP contribution in [0.5, 0.6) is 0 Å². The predicted molar refractivity (Wildman–Crippen MR) is 65.3 cm³/mol. The quantitative estimate of drug-likeness (QED) is 0.653. The number of carbonyl (C=O) groups is 1. The molecule has 0 bridgehead atoms. The Morgan fingerprint density at radius 1 is 1.53 bits per heavy atom. The summed E-state index contributed by atoms with van der Waals surface area (Å²) in [5.74, 6) is -0.994. The molecule has 0 aliphatic rings. The fraction of sp³-hybridized carbons (Fsp3) is 0.182. The maximum Gasteiger partial charge on any atom is 0.338 e. The van der Waals surface area contributed by atoms with Crippen LogP contribution in [0.25, 0.3) is 6.08 Å². The van der Waals surface area contributed by atoms with Crippen molar-refractivity contribution in [1.82, 2.24) is 0 Å². The van der Waals surface area contributed by atoms with Crippen LogP contribution in [-0.4, -0.2) is 16.4 Å². The van der Waals surface area contributed by atoms with Gasteiger partial charge in [0, 0.05) is 11.0 Å². The number of hydrogen-bond acceptors (Lipinski definition) is 2. The summed E-state index contributed by atoms with van der Waals surface area (Å²) in [5, 5.41) is 9.84. The lowest BCUT2D eigenvalue weighted by atomic mass is 10.0. The van der Waals surface area contributed by atoms with Gasteiger partial charge >= 0.3 is 5.97 Å². The van der Waals surface area contributed by atoms with Crippen LogP contribution < -0.4 is 5.73 Å². The first kappa shape index (κ1) is 11.8. The number of benzene rings is 1. The third-order valence-corrected chi connectivity index (χ3v) is 2.37. The second-order valence-corrected chi connectivity index (χ2v) is 3.79.